The van der Waals surface area contributed by atoms with E-state index in [-0.39, 0.29) is 5.91 Å². The molecule has 0 radical (unpaired) electrons. The second-order valence-corrected chi connectivity index (χ2v) is 4.48. The number of benzene rings is 1. The van der Waals surface area contributed by atoms with E-state index in [0.717, 1.165) is 10.5 Å². The smallest absolute Gasteiger partial charge is 0.227 e. The summed E-state index contributed by atoms with van der Waals surface area (Å²) < 4.78 is 5.00. The van der Waals surface area contributed by atoms with Gasteiger partial charge in [0, 0.05) is 25.1 Å². The van der Waals surface area contributed by atoms with Crippen LogP contribution in [0.4, 0.5) is 0 Å². The minimum atomic E-state index is 0.0823. The van der Waals surface area contributed by atoms with Gasteiger partial charge in [-0.1, -0.05) is 18.2 Å². The molecule has 4 heteroatoms. The average Bonchev–Trinajstić information content (AvgIpc) is 2.37. The number of nitrogens with zero attached hydrogens (tertiary/aromatic N) is 1. The number of hydrogen-bond acceptors (Lipinski definition) is 3. The zero-order chi connectivity index (χ0) is 13.4. The molecule has 0 fully saturated rings. The minimum absolute atomic E-state index is 0.0823. The third kappa shape index (κ3) is 4.94. The van der Waals surface area contributed by atoms with Gasteiger partial charge in [0.05, 0.1) is 13.0 Å². The van der Waals surface area contributed by atoms with Crippen molar-refractivity contribution in [1.29, 1.82) is 0 Å². The van der Waals surface area contributed by atoms with Crippen LogP contribution in [-0.2, 0) is 16.0 Å². The highest BCUT2D eigenvalue weighted by Crippen LogP contribution is 2.09. The summed E-state index contributed by atoms with van der Waals surface area (Å²) in [4.78, 5) is 14.7. The minimum Gasteiger partial charge on any atom is -0.383 e. The van der Waals surface area contributed by atoms with E-state index in [1.807, 2.05) is 24.3 Å². The normalized spacial score (nSPS) is 10.1. The molecule has 3 nitrogen and oxygen atoms in total. The van der Waals surface area contributed by atoms with E-state index in [2.05, 4.69) is 19.2 Å². The van der Waals surface area contributed by atoms with Crippen molar-refractivity contribution in [3.8, 4) is 0 Å². The summed E-state index contributed by atoms with van der Waals surface area (Å²) in [6.07, 6.45) is 2.12. The van der Waals surface area contributed by atoms with Crippen LogP contribution in [0.2, 0.25) is 0 Å². The van der Waals surface area contributed by atoms with Crippen molar-refractivity contribution in [3.05, 3.63) is 42.5 Å². The fraction of sp³-hybridized carbons (Fsp3) is 0.357. The Balaban J connectivity index is 2.59. The van der Waals surface area contributed by atoms with Crippen molar-refractivity contribution in [2.75, 3.05) is 26.8 Å². The highest BCUT2D eigenvalue weighted by Gasteiger charge is 2.12. The number of ether oxygens (including phenoxy) is 1. The van der Waals surface area contributed by atoms with Gasteiger partial charge in [0.15, 0.2) is 0 Å². The lowest BCUT2D eigenvalue weighted by Crippen LogP contribution is -2.35. The van der Waals surface area contributed by atoms with Gasteiger partial charge < -0.3 is 9.64 Å². The molecule has 0 aliphatic heterocycles. The Morgan fingerprint density at radius 3 is 2.67 bits per heavy atom. The molecule has 18 heavy (non-hydrogen) atoms. The maximum Gasteiger partial charge on any atom is 0.227 e. The molecule has 0 saturated carbocycles. The highest BCUT2D eigenvalue weighted by molar-refractivity contribution is 7.80. The standard InChI is InChI=1S/C14H19NO2S/c1-3-8-15(9-10-17-2)14(16)11-12-4-6-13(18)7-5-12/h3-7,18H,1,8-11H2,2H3. The van der Waals surface area contributed by atoms with Crippen molar-refractivity contribution in [1.82, 2.24) is 4.90 Å². The first-order chi connectivity index (χ1) is 8.67. The number of hydrogen-bond donors (Lipinski definition) is 1. The zero-order valence-electron chi connectivity index (χ0n) is 10.6. The van der Waals surface area contributed by atoms with Gasteiger partial charge in [0.2, 0.25) is 5.91 Å². The molecule has 0 heterocycles. The van der Waals surface area contributed by atoms with Gasteiger partial charge in [-0.05, 0) is 17.7 Å². The molecule has 1 aromatic carbocycles. The number of thiol groups is 1. The Kier molecular flexibility index (Phi) is 6.54. The van der Waals surface area contributed by atoms with E-state index < -0.39 is 0 Å². The Morgan fingerprint density at radius 2 is 2.11 bits per heavy atom. The number of rotatable bonds is 7. The van der Waals surface area contributed by atoms with Crippen LogP contribution >= 0.6 is 12.6 Å². The molecule has 0 spiro atoms. The molecule has 0 saturated heterocycles. The van der Waals surface area contributed by atoms with Crippen molar-refractivity contribution >= 4 is 18.5 Å². The maximum atomic E-state index is 12.1. The molecule has 0 aliphatic carbocycles. The van der Waals surface area contributed by atoms with E-state index in [1.54, 1.807) is 18.1 Å². The van der Waals surface area contributed by atoms with E-state index in [9.17, 15) is 4.79 Å². The van der Waals surface area contributed by atoms with E-state index >= 15 is 0 Å². The molecule has 0 aliphatic rings. The molecule has 1 aromatic rings. The summed E-state index contributed by atoms with van der Waals surface area (Å²) in [5.74, 6) is 0.0823. The van der Waals surface area contributed by atoms with Crippen LogP contribution in [0.15, 0.2) is 41.8 Å². The van der Waals surface area contributed by atoms with Gasteiger partial charge in [-0.2, -0.15) is 0 Å². The summed E-state index contributed by atoms with van der Waals surface area (Å²) in [7, 11) is 1.63. The van der Waals surface area contributed by atoms with Gasteiger partial charge >= 0.3 is 0 Å². The topological polar surface area (TPSA) is 29.5 Å². The van der Waals surface area contributed by atoms with Crippen LogP contribution in [-0.4, -0.2) is 37.6 Å². The van der Waals surface area contributed by atoms with Gasteiger partial charge in [-0.15, -0.1) is 19.2 Å². The summed E-state index contributed by atoms with van der Waals surface area (Å²) in [5.41, 5.74) is 0.990. The molecule has 1 rings (SSSR count). The molecule has 1 amide bonds. The summed E-state index contributed by atoms with van der Waals surface area (Å²) in [5, 5.41) is 0. The molecular formula is C14H19NO2S. The molecule has 0 unspecified atom stereocenters. The van der Waals surface area contributed by atoms with Crippen molar-refractivity contribution < 1.29 is 9.53 Å². The van der Waals surface area contributed by atoms with E-state index in [4.69, 9.17) is 4.74 Å². The van der Waals surface area contributed by atoms with Crippen LogP contribution in [0.1, 0.15) is 5.56 Å². The van der Waals surface area contributed by atoms with Crippen LogP contribution in [0.3, 0.4) is 0 Å². The molecule has 0 N–H and O–H groups in total. The zero-order valence-corrected chi connectivity index (χ0v) is 11.5. The SMILES string of the molecule is C=CCN(CCOC)C(=O)Cc1ccc(S)cc1. The first-order valence-electron chi connectivity index (χ1n) is 5.83. The molecule has 0 bridgehead atoms. The van der Waals surface area contributed by atoms with Gasteiger partial charge in [-0.25, -0.2) is 0 Å². The molecule has 0 atom stereocenters. The Bertz CT molecular complexity index is 389. The highest BCUT2D eigenvalue weighted by atomic mass is 32.1. The lowest BCUT2D eigenvalue weighted by Gasteiger charge is -2.20. The van der Waals surface area contributed by atoms with E-state index in [0.29, 0.717) is 26.1 Å². The largest absolute Gasteiger partial charge is 0.383 e. The third-order valence-electron chi connectivity index (χ3n) is 2.56. The summed E-state index contributed by atoms with van der Waals surface area (Å²) in [6, 6.07) is 7.61. The quantitative estimate of drug-likeness (QED) is 0.605. The first-order valence-corrected chi connectivity index (χ1v) is 6.27. The predicted molar refractivity (Wildman–Crippen MR) is 76.1 cm³/mol. The number of carbonyl (C=O) groups excluding carboxylic acids is 1. The second-order valence-electron chi connectivity index (χ2n) is 3.96. The fourth-order valence-corrected chi connectivity index (χ4v) is 1.72. The van der Waals surface area contributed by atoms with Crippen molar-refractivity contribution in [2.24, 2.45) is 0 Å². The van der Waals surface area contributed by atoms with Crippen LogP contribution in [0.5, 0.6) is 0 Å². The number of amides is 1. The molecular weight excluding hydrogens is 246 g/mol. The Morgan fingerprint density at radius 1 is 1.44 bits per heavy atom. The van der Waals surface area contributed by atoms with Crippen molar-refractivity contribution in [2.45, 2.75) is 11.3 Å². The van der Waals surface area contributed by atoms with Crippen LogP contribution in [0, 0.1) is 0 Å². The van der Waals surface area contributed by atoms with Gasteiger partial charge in [0.25, 0.3) is 0 Å². The molecule has 0 aromatic heterocycles. The van der Waals surface area contributed by atoms with Gasteiger partial charge in [0.1, 0.15) is 0 Å². The Hall–Kier alpha value is -1.26. The predicted octanol–water partition coefficient (Wildman–Crippen LogP) is 2.18. The lowest BCUT2D eigenvalue weighted by atomic mass is 10.1. The van der Waals surface area contributed by atoms with Gasteiger partial charge in [-0.3, -0.25) is 4.79 Å². The monoisotopic (exact) mass is 265 g/mol. The van der Waals surface area contributed by atoms with E-state index in [1.165, 1.54) is 0 Å². The summed E-state index contributed by atoms with van der Waals surface area (Å²) in [6.45, 7) is 5.34. The Labute approximate surface area is 114 Å². The molecule has 98 valence electrons. The lowest BCUT2D eigenvalue weighted by molar-refractivity contribution is -0.130. The van der Waals surface area contributed by atoms with Crippen LogP contribution in [0.25, 0.3) is 0 Å². The average molecular weight is 265 g/mol. The number of methoxy groups -OCH3 is 1. The third-order valence-corrected chi connectivity index (χ3v) is 2.86. The number of carbonyl (C=O) groups is 1. The van der Waals surface area contributed by atoms with Crippen LogP contribution < -0.4 is 0 Å². The maximum absolute atomic E-state index is 12.1. The first kappa shape index (κ1) is 14.8. The second kappa shape index (κ2) is 7.95. The van der Waals surface area contributed by atoms with Crippen molar-refractivity contribution in [3.63, 3.8) is 0 Å². The fourth-order valence-electron chi connectivity index (χ4n) is 1.58. The summed E-state index contributed by atoms with van der Waals surface area (Å²) >= 11 is 4.22.